The molecule has 1 aliphatic heterocycles. The molecule has 0 radical (unpaired) electrons. The monoisotopic (exact) mass is 689 g/mol. The number of carbonyl (C=O) groups excluding carboxylic acids is 2. The third-order valence-corrected chi connectivity index (χ3v) is 9.23. The molecule has 1 heterocycles. The molecule has 6 nitrogen and oxygen atoms in total. The highest BCUT2D eigenvalue weighted by molar-refractivity contribution is 5.69. The molecule has 1 N–H and O–H groups in total. The maximum absolute atomic E-state index is 12.0. The first-order valence-electron chi connectivity index (χ1n) is 20.5. The van der Waals surface area contributed by atoms with Crippen LogP contribution in [0.5, 0.6) is 0 Å². The minimum atomic E-state index is -0.993. The molecular weight excluding hydrogens is 612 g/mol. The first-order chi connectivity index (χ1) is 23.9. The molecule has 0 aromatic rings. The van der Waals surface area contributed by atoms with Crippen molar-refractivity contribution < 1.29 is 28.9 Å². The molecule has 0 aliphatic carbocycles. The fraction of sp³-hybridized carbons (Fsp3) is 0.814. The third kappa shape index (κ3) is 31.8. The van der Waals surface area contributed by atoms with Crippen molar-refractivity contribution in [3.8, 4) is 0 Å². The second kappa shape index (κ2) is 33.2. The number of carbonyl (C=O) groups is 2. The van der Waals surface area contributed by atoms with Crippen molar-refractivity contribution in [3.05, 3.63) is 36.5 Å². The Balaban J connectivity index is 1.86. The summed E-state index contributed by atoms with van der Waals surface area (Å²) in [5, 5.41) is 10.0. The molecule has 0 amide bonds. The zero-order chi connectivity index (χ0) is 35.6. The van der Waals surface area contributed by atoms with Gasteiger partial charge in [-0.3, -0.25) is 9.59 Å². The zero-order valence-electron chi connectivity index (χ0n) is 32.1. The van der Waals surface area contributed by atoms with Gasteiger partial charge in [-0.2, -0.15) is 0 Å². The van der Waals surface area contributed by atoms with E-state index >= 15 is 0 Å². The van der Waals surface area contributed by atoms with Crippen molar-refractivity contribution in [1.29, 1.82) is 0 Å². The van der Waals surface area contributed by atoms with E-state index in [0.717, 1.165) is 50.9 Å². The second-order valence-electron chi connectivity index (χ2n) is 14.6. The standard InChI is InChI=1S/C43H76O6/c1-4-5-6-7-8-9-10-16-19-22-25-28-32-40-41(49-40)33-30-35-43(46)48-37-39(44)36-47-42(45)34-29-26-23-20-17-14-12-11-13-15-18-21-24-27-31-38(2)3/h8-9,16,19,25,28,38-41,44H,4-7,10-15,17-18,20-24,26-27,29-37H2,1-3H3/b9-8-,19-16-,28-25-/t39-,40?,41?/m1/s1. The normalized spacial score (nSPS) is 16.8. The van der Waals surface area contributed by atoms with Gasteiger partial charge in [-0.15, -0.1) is 0 Å². The lowest BCUT2D eigenvalue weighted by Crippen LogP contribution is -2.25. The average Bonchev–Trinajstić information content (AvgIpc) is 3.84. The first-order valence-corrected chi connectivity index (χ1v) is 20.5. The van der Waals surface area contributed by atoms with Crippen molar-refractivity contribution in [2.24, 2.45) is 5.92 Å². The van der Waals surface area contributed by atoms with Crippen LogP contribution in [0.4, 0.5) is 0 Å². The van der Waals surface area contributed by atoms with Gasteiger partial charge in [0.25, 0.3) is 0 Å². The van der Waals surface area contributed by atoms with Gasteiger partial charge >= 0.3 is 11.9 Å². The Hall–Kier alpha value is -1.92. The summed E-state index contributed by atoms with van der Waals surface area (Å²) < 4.78 is 16.1. The predicted octanol–water partition coefficient (Wildman–Crippen LogP) is 11.7. The molecule has 0 aromatic heterocycles. The Morgan fingerprint density at radius 3 is 1.65 bits per heavy atom. The Labute approximate surface area is 301 Å². The van der Waals surface area contributed by atoms with Crippen LogP contribution in [0.25, 0.3) is 0 Å². The van der Waals surface area contributed by atoms with Crippen LogP contribution in [0, 0.1) is 5.92 Å². The molecule has 1 saturated heterocycles. The van der Waals surface area contributed by atoms with Crippen LogP contribution in [0.1, 0.15) is 188 Å². The van der Waals surface area contributed by atoms with E-state index in [4.69, 9.17) is 14.2 Å². The third-order valence-electron chi connectivity index (χ3n) is 9.23. The van der Waals surface area contributed by atoms with Crippen LogP contribution >= 0.6 is 0 Å². The van der Waals surface area contributed by atoms with E-state index in [2.05, 4.69) is 57.2 Å². The van der Waals surface area contributed by atoms with Crippen LogP contribution in [-0.2, 0) is 23.8 Å². The fourth-order valence-electron chi connectivity index (χ4n) is 6.00. The van der Waals surface area contributed by atoms with Gasteiger partial charge in [-0.05, 0) is 57.3 Å². The van der Waals surface area contributed by atoms with E-state index in [1.165, 1.54) is 103 Å². The highest BCUT2D eigenvalue weighted by atomic mass is 16.6. The molecule has 0 saturated carbocycles. The number of ether oxygens (including phenoxy) is 3. The summed E-state index contributed by atoms with van der Waals surface area (Å²) in [7, 11) is 0. The van der Waals surface area contributed by atoms with Crippen LogP contribution in [0.2, 0.25) is 0 Å². The molecule has 1 aliphatic rings. The molecule has 6 heteroatoms. The van der Waals surface area contributed by atoms with Crippen molar-refractivity contribution >= 4 is 11.9 Å². The van der Waals surface area contributed by atoms with Crippen molar-refractivity contribution in [2.75, 3.05) is 13.2 Å². The minimum Gasteiger partial charge on any atom is -0.463 e. The number of epoxide rings is 1. The van der Waals surface area contributed by atoms with E-state index in [1.807, 2.05) is 0 Å². The molecule has 1 fully saturated rings. The summed E-state index contributed by atoms with van der Waals surface area (Å²) in [5.74, 6) is 0.212. The number of esters is 2. The predicted molar refractivity (Wildman–Crippen MR) is 205 cm³/mol. The zero-order valence-corrected chi connectivity index (χ0v) is 32.1. The molecule has 0 bridgehead atoms. The van der Waals surface area contributed by atoms with Gasteiger partial charge in [0.05, 0.1) is 12.2 Å². The molecule has 1 rings (SSSR count). The number of hydrogen-bond donors (Lipinski definition) is 1. The van der Waals surface area contributed by atoms with Crippen LogP contribution in [0.15, 0.2) is 36.5 Å². The summed E-state index contributed by atoms with van der Waals surface area (Å²) in [4.78, 5) is 24.0. The number of allylic oxidation sites excluding steroid dienone is 5. The number of rotatable bonds is 35. The van der Waals surface area contributed by atoms with Crippen LogP contribution in [-0.4, -0.2) is 48.6 Å². The Morgan fingerprint density at radius 1 is 0.612 bits per heavy atom. The van der Waals surface area contributed by atoms with Gasteiger partial charge in [0, 0.05) is 12.8 Å². The lowest BCUT2D eigenvalue weighted by molar-refractivity contribution is -0.152. The summed E-state index contributed by atoms with van der Waals surface area (Å²) in [6.07, 6.45) is 42.2. The summed E-state index contributed by atoms with van der Waals surface area (Å²) in [5.41, 5.74) is 0. The Kier molecular flexibility index (Phi) is 30.6. The minimum absolute atomic E-state index is 0.138. The SMILES string of the molecule is CCCCC/C=C\C/C=C\C/C=C\CC1OC1CCCC(=O)OC[C@H](O)COC(=O)CCCCCCCCCCCCCCCCC(C)C. The molecule has 284 valence electrons. The van der Waals surface area contributed by atoms with Gasteiger partial charge < -0.3 is 19.3 Å². The van der Waals surface area contributed by atoms with E-state index in [0.29, 0.717) is 19.3 Å². The summed E-state index contributed by atoms with van der Waals surface area (Å²) >= 11 is 0. The fourth-order valence-corrected chi connectivity index (χ4v) is 6.00. The summed E-state index contributed by atoms with van der Waals surface area (Å²) in [6.45, 7) is 6.57. The van der Waals surface area contributed by atoms with Crippen molar-refractivity contribution in [2.45, 2.75) is 206 Å². The highest BCUT2D eigenvalue weighted by Gasteiger charge is 2.36. The number of aliphatic hydroxyl groups excluding tert-OH is 1. The van der Waals surface area contributed by atoms with Gasteiger partial charge in [-0.1, -0.05) is 160 Å². The van der Waals surface area contributed by atoms with Crippen molar-refractivity contribution in [3.63, 3.8) is 0 Å². The first kappa shape index (κ1) is 45.1. The largest absolute Gasteiger partial charge is 0.463 e. The van der Waals surface area contributed by atoms with E-state index in [9.17, 15) is 14.7 Å². The maximum Gasteiger partial charge on any atom is 0.305 e. The van der Waals surface area contributed by atoms with Gasteiger partial charge in [0.1, 0.15) is 19.3 Å². The Bertz CT molecular complexity index is 862. The van der Waals surface area contributed by atoms with Crippen LogP contribution in [0.3, 0.4) is 0 Å². The maximum atomic E-state index is 12.0. The average molecular weight is 689 g/mol. The van der Waals surface area contributed by atoms with Crippen molar-refractivity contribution in [1.82, 2.24) is 0 Å². The van der Waals surface area contributed by atoms with Gasteiger partial charge in [-0.25, -0.2) is 0 Å². The quantitative estimate of drug-likeness (QED) is 0.0309. The number of hydrogen-bond acceptors (Lipinski definition) is 6. The van der Waals surface area contributed by atoms with E-state index in [1.54, 1.807) is 0 Å². The van der Waals surface area contributed by atoms with Gasteiger partial charge in [0.15, 0.2) is 0 Å². The van der Waals surface area contributed by atoms with E-state index < -0.39 is 6.10 Å². The van der Waals surface area contributed by atoms with Crippen LogP contribution < -0.4 is 0 Å². The molecule has 49 heavy (non-hydrogen) atoms. The Morgan fingerprint density at radius 2 is 1.10 bits per heavy atom. The van der Waals surface area contributed by atoms with Gasteiger partial charge in [0.2, 0.25) is 0 Å². The molecule has 2 unspecified atom stereocenters. The molecule has 3 atom stereocenters. The number of unbranched alkanes of at least 4 members (excludes halogenated alkanes) is 16. The second-order valence-corrected chi connectivity index (χ2v) is 14.6. The molecular formula is C43H76O6. The van der Waals surface area contributed by atoms with E-state index in [-0.39, 0.29) is 37.4 Å². The lowest BCUT2D eigenvalue weighted by atomic mass is 10.0. The molecule has 0 spiro atoms. The molecule has 0 aromatic carbocycles. The lowest BCUT2D eigenvalue weighted by Gasteiger charge is -2.12. The number of aliphatic hydroxyl groups is 1. The highest BCUT2D eigenvalue weighted by Crippen LogP contribution is 2.30. The summed E-state index contributed by atoms with van der Waals surface area (Å²) in [6, 6.07) is 0. The smallest absolute Gasteiger partial charge is 0.305 e. The topological polar surface area (TPSA) is 85.4 Å².